The molecule has 6 heteroatoms. The molecular weight excluding hydrogens is 384 g/mol. The van der Waals surface area contributed by atoms with E-state index in [1.165, 1.54) is 11.8 Å². The van der Waals surface area contributed by atoms with Gasteiger partial charge in [0.05, 0.1) is 6.26 Å². The van der Waals surface area contributed by atoms with E-state index in [4.69, 9.17) is 4.42 Å². The van der Waals surface area contributed by atoms with E-state index in [0.717, 1.165) is 17.3 Å². The topological polar surface area (TPSA) is 53.8 Å². The van der Waals surface area contributed by atoms with Gasteiger partial charge >= 0.3 is 0 Å². The van der Waals surface area contributed by atoms with Crippen molar-refractivity contribution in [3.63, 3.8) is 0 Å². The molecule has 1 aliphatic rings. The summed E-state index contributed by atoms with van der Waals surface area (Å²) >= 11 is 3.42. The molecule has 1 fully saturated rings. The number of nitrogens with zero attached hydrogens (tertiary/aromatic N) is 2. The number of benzene rings is 1. The second-order valence-corrected chi connectivity index (χ2v) is 7.19. The molecule has 0 bridgehead atoms. The number of furan rings is 1. The highest BCUT2D eigenvalue weighted by Gasteiger charge is 2.36. The van der Waals surface area contributed by atoms with E-state index >= 15 is 0 Å². The first-order valence-electron chi connectivity index (χ1n) is 8.40. The molecule has 1 saturated heterocycles. The number of rotatable bonds is 5. The van der Waals surface area contributed by atoms with Gasteiger partial charge in [-0.2, -0.15) is 0 Å². The normalized spacial score (nSPS) is 16.9. The monoisotopic (exact) mass is 404 g/mol. The maximum atomic E-state index is 12.8. The molecule has 1 atom stereocenters. The van der Waals surface area contributed by atoms with Gasteiger partial charge < -0.3 is 14.2 Å². The van der Waals surface area contributed by atoms with Crippen molar-refractivity contribution in [3.05, 3.63) is 58.5 Å². The lowest BCUT2D eigenvalue weighted by Crippen LogP contribution is -2.47. The lowest BCUT2D eigenvalue weighted by molar-refractivity contribution is -0.133. The number of likely N-dealkylation sites (N-methyl/N-ethyl adjacent to an activating group) is 1. The summed E-state index contributed by atoms with van der Waals surface area (Å²) in [6, 6.07) is 11.0. The van der Waals surface area contributed by atoms with Crippen molar-refractivity contribution in [1.29, 1.82) is 0 Å². The Balaban J connectivity index is 1.60. The summed E-state index contributed by atoms with van der Waals surface area (Å²) in [5, 5.41) is 0. The average Bonchev–Trinajstić information content (AvgIpc) is 3.31. The van der Waals surface area contributed by atoms with Crippen LogP contribution in [0.2, 0.25) is 0 Å². The van der Waals surface area contributed by atoms with Gasteiger partial charge in [0.15, 0.2) is 5.76 Å². The number of hydrogen-bond donors (Lipinski definition) is 0. The van der Waals surface area contributed by atoms with Crippen LogP contribution >= 0.6 is 15.9 Å². The van der Waals surface area contributed by atoms with Crippen LogP contribution in [0.25, 0.3) is 0 Å². The molecule has 2 aromatic rings. The molecule has 132 valence electrons. The highest BCUT2D eigenvalue weighted by atomic mass is 79.9. The van der Waals surface area contributed by atoms with Crippen LogP contribution in [0.1, 0.15) is 29.0 Å². The fraction of sp³-hybridized carbons (Fsp3) is 0.368. The predicted molar refractivity (Wildman–Crippen MR) is 98.2 cm³/mol. The fourth-order valence-corrected chi connectivity index (χ4v) is 3.39. The molecule has 0 aliphatic carbocycles. The molecule has 0 radical (unpaired) electrons. The van der Waals surface area contributed by atoms with Crippen molar-refractivity contribution in [3.8, 4) is 0 Å². The molecule has 25 heavy (non-hydrogen) atoms. The molecule has 1 aromatic heterocycles. The SMILES string of the molecule is CN(CCc1ccc(Br)cc1)C(=O)C1CCCN1C(=O)c1ccco1. The quantitative estimate of drug-likeness (QED) is 0.767. The van der Waals surface area contributed by atoms with E-state index in [1.54, 1.807) is 29.0 Å². The van der Waals surface area contributed by atoms with E-state index in [0.29, 0.717) is 19.5 Å². The predicted octanol–water partition coefficient (Wildman–Crippen LogP) is 3.35. The maximum Gasteiger partial charge on any atom is 0.290 e. The first-order chi connectivity index (χ1) is 12.1. The lowest BCUT2D eigenvalue weighted by Gasteiger charge is -2.27. The molecule has 0 spiro atoms. The Morgan fingerprint density at radius 2 is 2.04 bits per heavy atom. The summed E-state index contributed by atoms with van der Waals surface area (Å²) in [5.74, 6) is 0.0777. The van der Waals surface area contributed by atoms with E-state index in [2.05, 4.69) is 15.9 Å². The minimum Gasteiger partial charge on any atom is -0.459 e. The summed E-state index contributed by atoms with van der Waals surface area (Å²) in [6.07, 6.45) is 3.80. The Labute approximate surface area is 155 Å². The summed E-state index contributed by atoms with van der Waals surface area (Å²) < 4.78 is 6.23. The van der Waals surface area contributed by atoms with Crippen LogP contribution < -0.4 is 0 Å². The smallest absolute Gasteiger partial charge is 0.290 e. The van der Waals surface area contributed by atoms with Gasteiger partial charge in [-0.05, 0) is 49.1 Å². The highest BCUT2D eigenvalue weighted by Crippen LogP contribution is 2.22. The Kier molecular flexibility index (Phi) is 5.58. The molecule has 0 saturated carbocycles. The number of amides is 2. The minimum atomic E-state index is -0.396. The Morgan fingerprint density at radius 3 is 2.72 bits per heavy atom. The Morgan fingerprint density at radius 1 is 1.28 bits per heavy atom. The number of carbonyl (C=O) groups is 2. The third-order valence-corrected chi connectivity index (χ3v) is 5.08. The molecule has 2 heterocycles. The van der Waals surface area contributed by atoms with E-state index in [1.807, 2.05) is 24.3 Å². The van der Waals surface area contributed by atoms with Crippen molar-refractivity contribution in [2.75, 3.05) is 20.1 Å². The zero-order chi connectivity index (χ0) is 17.8. The van der Waals surface area contributed by atoms with Gasteiger partial charge in [0.1, 0.15) is 6.04 Å². The first kappa shape index (κ1) is 17.7. The van der Waals surface area contributed by atoms with Gasteiger partial charge in [-0.3, -0.25) is 9.59 Å². The largest absolute Gasteiger partial charge is 0.459 e. The summed E-state index contributed by atoms with van der Waals surface area (Å²) in [4.78, 5) is 28.7. The van der Waals surface area contributed by atoms with Crippen molar-refractivity contribution in [2.24, 2.45) is 0 Å². The van der Waals surface area contributed by atoms with E-state index < -0.39 is 6.04 Å². The minimum absolute atomic E-state index is 0.00508. The molecule has 1 aliphatic heterocycles. The molecule has 0 N–H and O–H groups in total. The Bertz CT molecular complexity index is 728. The van der Waals surface area contributed by atoms with Gasteiger partial charge in [0.25, 0.3) is 5.91 Å². The molecule has 5 nitrogen and oxygen atoms in total. The molecule has 1 aromatic carbocycles. The molecule has 1 unspecified atom stereocenters. The van der Waals surface area contributed by atoms with Crippen molar-refractivity contribution >= 4 is 27.7 Å². The van der Waals surface area contributed by atoms with Gasteiger partial charge in [-0.25, -0.2) is 0 Å². The maximum absolute atomic E-state index is 12.8. The van der Waals surface area contributed by atoms with Crippen LogP contribution in [0.4, 0.5) is 0 Å². The zero-order valence-corrected chi connectivity index (χ0v) is 15.7. The molecular formula is C19H21BrN2O3. The van der Waals surface area contributed by atoms with Crippen molar-refractivity contribution < 1.29 is 14.0 Å². The molecule has 2 amide bonds. The standard InChI is InChI=1S/C19H21BrN2O3/c1-21(12-10-14-6-8-15(20)9-7-14)18(23)16-4-2-11-22(16)19(24)17-5-3-13-25-17/h3,5-9,13,16H,2,4,10-12H2,1H3. The second kappa shape index (κ2) is 7.87. The van der Waals surface area contributed by atoms with Crippen molar-refractivity contribution in [1.82, 2.24) is 9.80 Å². The number of likely N-dealkylation sites (tertiary alicyclic amines) is 1. The average molecular weight is 405 g/mol. The van der Waals surface area contributed by atoms with Crippen LogP contribution in [0.3, 0.4) is 0 Å². The second-order valence-electron chi connectivity index (χ2n) is 6.27. The third-order valence-electron chi connectivity index (χ3n) is 4.56. The summed E-state index contributed by atoms with van der Waals surface area (Å²) in [7, 11) is 1.80. The number of halogens is 1. The number of hydrogen-bond acceptors (Lipinski definition) is 3. The van der Waals surface area contributed by atoms with Crippen LogP contribution in [0.5, 0.6) is 0 Å². The van der Waals surface area contributed by atoms with Crippen LogP contribution in [-0.2, 0) is 11.2 Å². The number of carbonyl (C=O) groups excluding carboxylic acids is 2. The van der Waals surface area contributed by atoms with Crippen LogP contribution in [-0.4, -0.2) is 47.8 Å². The van der Waals surface area contributed by atoms with Crippen molar-refractivity contribution in [2.45, 2.75) is 25.3 Å². The van der Waals surface area contributed by atoms with E-state index in [-0.39, 0.29) is 17.6 Å². The highest BCUT2D eigenvalue weighted by molar-refractivity contribution is 9.10. The van der Waals surface area contributed by atoms with Gasteiger partial charge in [0.2, 0.25) is 5.91 Å². The van der Waals surface area contributed by atoms with E-state index in [9.17, 15) is 9.59 Å². The van der Waals surface area contributed by atoms with Gasteiger partial charge in [-0.1, -0.05) is 28.1 Å². The third kappa shape index (κ3) is 4.12. The summed E-state index contributed by atoms with van der Waals surface area (Å²) in [5.41, 5.74) is 1.18. The fourth-order valence-electron chi connectivity index (χ4n) is 3.12. The van der Waals surface area contributed by atoms with Crippen LogP contribution in [0, 0.1) is 0 Å². The van der Waals surface area contributed by atoms with Gasteiger partial charge in [0, 0.05) is 24.6 Å². The molecule has 3 rings (SSSR count). The Hall–Kier alpha value is -2.08. The summed E-state index contributed by atoms with van der Waals surface area (Å²) in [6.45, 7) is 1.22. The van der Waals surface area contributed by atoms with Gasteiger partial charge in [-0.15, -0.1) is 0 Å². The lowest BCUT2D eigenvalue weighted by atomic mass is 10.1. The van der Waals surface area contributed by atoms with Crippen LogP contribution in [0.15, 0.2) is 51.6 Å². The zero-order valence-electron chi connectivity index (χ0n) is 14.2. The first-order valence-corrected chi connectivity index (χ1v) is 9.19.